The van der Waals surface area contributed by atoms with Gasteiger partial charge in [0.1, 0.15) is 11.6 Å². The van der Waals surface area contributed by atoms with Gasteiger partial charge in [0.25, 0.3) is 5.91 Å². The Balaban J connectivity index is 1.58. The molecule has 0 radical (unpaired) electrons. The fraction of sp³-hybridized carbons (Fsp3) is 0.250. The van der Waals surface area contributed by atoms with E-state index in [0.717, 1.165) is 54.7 Å². The van der Waals surface area contributed by atoms with Gasteiger partial charge in [-0.05, 0) is 55.5 Å². The van der Waals surface area contributed by atoms with E-state index in [0.29, 0.717) is 29.3 Å². The predicted octanol–water partition coefficient (Wildman–Crippen LogP) is 3.91. The van der Waals surface area contributed by atoms with Crippen molar-refractivity contribution in [1.29, 1.82) is 0 Å². The molecule has 32 heavy (non-hydrogen) atoms. The molecule has 3 heterocycles. The van der Waals surface area contributed by atoms with E-state index in [-0.39, 0.29) is 5.82 Å². The van der Waals surface area contributed by atoms with Crippen LogP contribution < -0.4 is 11.1 Å². The number of carbonyl (C=O) groups excluding carboxylic acids is 1. The van der Waals surface area contributed by atoms with Crippen LogP contribution in [-0.2, 0) is 19.4 Å². The summed E-state index contributed by atoms with van der Waals surface area (Å²) < 4.78 is 15.4. The summed E-state index contributed by atoms with van der Waals surface area (Å²) in [6.07, 6.45) is 8.50. The van der Waals surface area contributed by atoms with E-state index < -0.39 is 5.91 Å². The molecule has 1 amide bonds. The number of anilines is 1. The topological polar surface area (TPSA) is 98.2 Å². The van der Waals surface area contributed by atoms with Crippen LogP contribution in [0.1, 0.15) is 46.4 Å². The normalized spacial score (nSPS) is 13.5. The number of hydrogen-bond acceptors (Lipinski definition) is 5. The standard InChI is InChI=1S/C24H23FN6O/c25-16-7-4-6-15(12-16)13-27-22-17-8-2-1-3-10-19(17)29-23(30-22)24-28-14-20-18(21(26)32)9-5-11-31(20)24/h4-7,9,11-12,14H,1-3,8,10,13H2,(H2,26,32)(H,27,29,30). The smallest absolute Gasteiger partial charge is 0.250 e. The lowest BCUT2D eigenvalue weighted by atomic mass is 10.1. The van der Waals surface area contributed by atoms with Gasteiger partial charge in [-0.2, -0.15) is 0 Å². The largest absolute Gasteiger partial charge is 0.366 e. The third-order valence-electron chi connectivity index (χ3n) is 5.82. The number of fused-ring (bicyclic) bond motifs is 2. The molecule has 3 N–H and O–H groups in total. The van der Waals surface area contributed by atoms with Gasteiger partial charge in [0.15, 0.2) is 11.6 Å². The van der Waals surface area contributed by atoms with E-state index in [9.17, 15) is 9.18 Å². The maximum atomic E-state index is 13.6. The number of aryl methyl sites for hydroxylation is 1. The minimum Gasteiger partial charge on any atom is -0.366 e. The van der Waals surface area contributed by atoms with Crippen LogP contribution in [0.25, 0.3) is 17.2 Å². The molecule has 0 unspecified atom stereocenters. The second-order valence-electron chi connectivity index (χ2n) is 7.99. The zero-order valence-electron chi connectivity index (χ0n) is 17.5. The lowest BCUT2D eigenvalue weighted by Gasteiger charge is -2.15. The average Bonchev–Trinajstić information content (AvgIpc) is 3.08. The van der Waals surface area contributed by atoms with Crippen LogP contribution in [0.15, 0.2) is 48.8 Å². The fourth-order valence-electron chi connectivity index (χ4n) is 4.25. The minimum atomic E-state index is -0.512. The molecule has 1 aliphatic carbocycles. The van der Waals surface area contributed by atoms with Crippen LogP contribution in [-0.4, -0.2) is 25.3 Å². The first kappa shape index (κ1) is 20.1. The third kappa shape index (κ3) is 3.79. The number of rotatable bonds is 5. The van der Waals surface area contributed by atoms with Crippen LogP contribution in [0, 0.1) is 5.82 Å². The summed E-state index contributed by atoms with van der Waals surface area (Å²) in [5.41, 5.74) is 9.49. The molecule has 0 aliphatic heterocycles. The first-order valence-electron chi connectivity index (χ1n) is 10.7. The molecule has 162 valence electrons. The van der Waals surface area contributed by atoms with E-state index in [1.807, 2.05) is 12.3 Å². The molecule has 0 bridgehead atoms. The highest BCUT2D eigenvalue weighted by Gasteiger charge is 2.20. The Kier molecular flexibility index (Phi) is 5.26. The first-order chi connectivity index (χ1) is 15.6. The summed E-state index contributed by atoms with van der Waals surface area (Å²) in [5, 5.41) is 3.40. The van der Waals surface area contributed by atoms with Gasteiger partial charge >= 0.3 is 0 Å². The number of pyridine rings is 1. The molecular weight excluding hydrogens is 407 g/mol. The third-order valence-corrected chi connectivity index (χ3v) is 5.82. The Labute approximate surface area is 184 Å². The maximum absolute atomic E-state index is 13.6. The summed E-state index contributed by atoms with van der Waals surface area (Å²) >= 11 is 0. The molecule has 0 atom stereocenters. The number of amides is 1. The van der Waals surface area contributed by atoms with Gasteiger partial charge in [0.2, 0.25) is 0 Å². The Morgan fingerprint density at radius 2 is 2.00 bits per heavy atom. The number of imidazole rings is 1. The lowest BCUT2D eigenvalue weighted by Crippen LogP contribution is -2.12. The monoisotopic (exact) mass is 430 g/mol. The summed E-state index contributed by atoms with van der Waals surface area (Å²) in [7, 11) is 0. The highest BCUT2D eigenvalue weighted by molar-refractivity contribution is 5.99. The van der Waals surface area contributed by atoms with Crippen molar-refractivity contribution >= 4 is 17.2 Å². The van der Waals surface area contributed by atoms with Gasteiger partial charge in [-0.3, -0.25) is 9.20 Å². The molecule has 5 rings (SSSR count). The molecule has 8 heteroatoms. The number of nitrogens with zero attached hydrogens (tertiary/aromatic N) is 4. The molecule has 0 saturated carbocycles. The first-order valence-corrected chi connectivity index (χ1v) is 10.7. The summed E-state index contributed by atoms with van der Waals surface area (Å²) in [6, 6.07) is 9.96. The number of nitrogens with one attached hydrogen (secondary N) is 1. The summed E-state index contributed by atoms with van der Waals surface area (Å²) in [6.45, 7) is 0.453. The van der Waals surface area contributed by atoms with E-state index in [2.05, 4.69) is 10.3 Å². The second kappa shape index (κ2) is 8.37. The van der Waals surface area contributed by atoms with Gasteiger partial charge in [0.05, 0.1) is 17.3 Å². The Morgan fingerprint density at radius 1 is 1.12 bits per heavy atom. The summed E-state index contributed by atoms with van der Waals surface area (Å²) in [4.78, 5) is 26.0. The van der Waals surface area contributed by atoms with E-state index in [1.54, 1.807) is 28.8 Å². The quantitative estimate of drug-likeness (QED) is 0.468. The Morgan fingerprint density at radius 3 is 2.84 bits per heavy atom. The number of primary amides is 1. The Bertz CT molecular complexity index is 1320. The number of halogens is 1. The van der Waals surface area contributed by atoms with Crippen molar-refractivity contribution in [2.45, 2.75) is 38.6 Å². The zero-order valence-corrected chi connectivity index (χ0v) is 17.5. The molecule has 3 aromatic heterocycles. The molecule has 1 aliphatic rings. The average molecular weight is 430 g/mol. The van der Waals surface area contributed by atoms with Crippen molar-refractivity contribution < 1.29 is 9.18 Å². The van der Waals surface area contributed by atoms with Gasteiger partial charge in [-0.1, -0.05) is 18.6 Å². The zero-order chi connectivity index (χ0) is 22.1. The predicted molar refractivity (Wildman–Crippen MR) is 120 cm³/mol. The molecule has 4 aromatic rings. The highest BCUT2D eigenvalue weighted by atomic mass is 19.1. The van der Waals surface area contributed by atoms with Gasteiger partial charge in [-0.15, -0.1) is 0 Å². The van der Waals surface area contributed by atoms with Crippen LogP contribution in [0.4, 0.5) is 10.2 Å². The van der Waals surface area contributed by atoms with Crippen molar-refractivity contribution in [1.82, 2.24) is 19.4 Å². The maximum Gasteiger partial charge on any atom is 0.250 e. The van der Waals surface area contributed by atoms with Crippen molar-refractivity contribution in [3.63, 3.8) is 0 Å². The highest BCUT2D eigenvalue weighted by Crippen LogP contribution is 2.29. The van der Waals surface area contributed by atoms with Crippen LogP contribution in [0.5, 0.6) is 0 Å². The van der Waals surface area contributed by atoms with Crippen LogP contribution in [0.2, 0.25) is 0 Å². The van der Waals surface area contributed by atoms with Gasteiger partial charge < -0.3 is 11.1 Å². The number of carbonyl (C=O) groups is 1. The Hall–Kier alpha value is -3.81. The van der Waals surface area contributed by atoms with Crippen LogP contribution >= 0.6 is 0 Å². The second-order valence-corrected chi connectivity index (χ2v) is 7.99. The van der Waals surface area contributed by atoms with Crippen molar-refractivity contribution in [2.75, 3.05) is 5.32 Å². The SMILES string of the molecule is NC(=O)c1cccn2c(-c3nc4c(c(NCc5cccc(F)c5)n3)CCCCC4)ncc12. The molecule has 0 spiro atoms. The minimum absolute atomic E-state index is 0.263. The lowest BCUT2D eigenvalue weighted by molar-refractivity contribution is 0.100. The number of hydrogen-bond donors (Lipinski definition) is 2. The van der Waals surface area contributed by atoms with E-state index in [1.165, 1.54) is 12.1 Å². The molecule has 0 fully saturated rings. The molecule has 0 saturated heterocycles. The van der Waals surface area contributed by atoms with Crippen molar-refractivity contribution in [3.8, 4) is 11.6 Å². The van der Waals surface area contributed by atoms with E-state index >= 15 is 0 Å². The number of aromatic nitrogens is 4. The van der Waals surface area contributed by atoms with E-state index in [4.69, 9.17) is 15.7 Å². The number of nitrogens with two attached hydrogens (primary N) is 1. The summed E-state index contributed by atoms with van der Waals surface area (Å²) in [5.74, 6) is 1.000. The van der Waals surface area contributed by atoms with Crippen LogP contribution in [0.3, 0.4) is 0 Å². The molecule has 7 nitrogen and oxygen atoms in total. The number of benzene rings is 1. The molecule has 1 aromatic carbocycles. The fourth-order valence-corrected chi connectivity index (χ4v) is 4.25. The van der Waals surface area contributed by atoms with Crippen molar-refractivity contribution in [2.24, 2.45) is 5.73 Å². The van der Waals surface area contributed by atoms with Crippen molar-refractivity contribution in [3.05, 3.63) is 77.0 Å². The molecular formula is C24H23FN6O. The van der Waals surface area contributed by atoms with Gasteiger partial charge in [0, 0.05) is 24.0 Å². The van der Waals surface area contributed by atoms with Gasteiger partial charge in [-0.25, -0.2) is 19.3 Å².